The maximum Gasteiger partial charge on any atom is 0.263 e. The molecular weight excluding hydrogens is 502 g/mol. The van der Waals surface area contributed by atoms with Gasteiger partial charge in [0.2, 0.25) is 0 Å². The van der Waals surface area contributed by atoms with E-state index in [1.54, 1.807) is 28.0 Å². The zero-order valence-corrected chi connectivity index (χ0v) is 21.1. The Hall–Kier alpha value is -1.58. The van der Waals surface area contributed by atoms with Crippen molar-refractivity contribution in [3.8, 4) is 11.5 Å². The summed E-state index contributed by atoms with van der Waals surface area (Å²) < 4.78 is 9.28. The number of thiophene rings is 1. The number of aromatic nitrogens is 3. The van der Waals surface area contributed by atoms with Crippen LogP contribution in [0.2, 0.25) is 30.7 Å². The SMILES string of the molecule is C[Si](C)(C)CCOCn1c(-c2cc3ccsc3cn2)nc2c(Cl)cc(Br)cc2c1=O. The highest BCUT2D eigenvalue weighted by Gasteiger charge is 2.18. The maximum atomic E-state index is 13.4. The second-order valence-corrected chi connectivity index (χ2v) is 16.2. The molecule has 0 amide bonds. The van der Waals surface area contributed by atoms with E-state index in [0.717, 1.165) is 20.6 Å². The van der Waals surface area contributed by atoms with Gasteiger partial charge in [0.1, 0.15) is 12.4 Å². The van der Waals surface area contributed by atoms with Crippen LogP contribution < -0.4 is 5.56 Å². The van der Waals surface area contributed by atoms with E-state index in [4.69, 9.17) is 21.3 Å². The van der Waals surface area contributed by atoms with E-state index in [0.29, 0.717) is 34.1 Å². The summed E-state index contributed by atoms with van der Waals surface area (Å²) in [4.78, 5) is 22.7. The molecule has 0 aliphatic rings. The van der Waals surface area contributed by atoms with E-state index in [9.17, 15) is 4.79 Å². The molecule has 0 spiro atoms. The van der Waals surface area contributed by atoms with Crippen molar-refractivity contribution >= 4 is 67.9 Å². The van der Waals surface area contributed by atoms with Crippen molar-refractivity contribution in [2.24, 2.45) is 0 Å². The van der Waals surface area contributed by atoms with Gasteiger partial charge in [-0.3, -0.25) is 14.3 Å². The van der Waals surface area contributed by atoms with Crippen molar-refractivity contribution in [2.45, 2.75) is 32.4 Å². The number of halogens is 2. The van der Waals surface area contributed by atoms with Gasteiger partial charge in [0, 0.05) is 25.4 Å². The number of hydrogen-bond acceptors (Lipinski definition) is 5. The average molecular weight is 523 g/mol. The molecule has 0 atom stereocenters. The fourth-order valence-electron chi connectivity index (χ4n) is 3.09. The Labute approximate surface area is 192 Å². The quantitative estimate of drug-likeness (QED) is 0.217. The topological polar surface area (TPSA) is 57.0 Å². The number of benzene rings is 1. The second kappa shape index (κ2) is 8.51. The van der Waals surface area contributed by atoms with E-state index in [2.05, 4.69) is 40.6 Å². The molecule has 4 aromatic rings. The Morgan fingerprint density at radius 2 is 2.07 bits per heavy atom. The van der Waals surface area contributed by atoms with Crippen LogP contribution in [-0.2, 0) is 11.5 Å². The van der Waals surface area contributed by atoms with Gasteiger partial charge >= 0.3 is 0 Å². The molecule has 1 aromatic carbocycles. The van der Waals surface area contributed by atoms with Crippen molar-refractivity contribution in [3.05, 3.63) is 55.7 Å². The van der Waals surface area contributed by atoms with E-state index < -0.39 is 8.07 Å². The minimum atomic E-state index is -1.23. The molecule has 5 nitrogen and oxygen atoms in total. The van der Waals surface area contributed by atoms with Gasteiger partial charge in [-0.2, -0.15) is 0 Å². The minimum absolute atomic E-state index is 0.120. The molecule has 0 unspecified atom stereocenters. The normalized spacial score (nSPS) is 12.2. The zero-order chi connectivity index (χ0) is 21.5. The predicted molar refractivity (Wildman–Crippen MR) is 131 cm³/mol. The second-order valence-electron chi connectivity index (χ2n) is 8.33. The van der Waals surface area contributed by atoms with Crippen LogP contribution in [0.15, 0.2) is 45.1 Å². The fraction of sp³-hybridized carbons (Fsp3) is 0.286. The molecule has 0 aliphatic carbocycles. The Bertz CT molecular complexity index is 1300. The molecule has 0 bridgehead atoms. The Morgan fingerprint density at radius 1 is 1.27 bits per heavy atom. The van der Waals surface area contributed by atoms with Crippen molar-refractivity contribution in [1.29, 1.82) is 0 Å². The number of ether oxygens (including phenoxy) is 1. The molecule has 0 saturated heterocycles. The van der Waals surface area contributed by atoms with Crippen molar-refractivity contribution in [1.82, 2.24) is 14.5 Å². The summed E-state index contributed by atoms with van der Waals surface area (Å²) in [6.45, 7) is 7.62. The predicted octanol–water partition coefficient (Wildman–Crippen LogP) is 6.40. The molecule has 9 heteroatoms. The summed E-state index contributed by atoms with van der Waals surface area (Å²) in [5.74, 6) is 0.456. The standard InChI is InChI=1S/C21H21BrClN3O2SSi/c1-30(2,3)7-5-28-12-26-20(17-8-13-4-6-29-18(13)11-24-17)25-19-15(21(26)27)9-14(22)10-16(19)23/h4,6,8-11H,5,7,12H2,1-3H3. The molecule has 4 rings (SSSR count). The van der Waals surface area contributed by atoms with Crippen molar-refractivity contribution in [3.63, 3.8) is 0 Å². The Balaban J connectivity index is 1.84. The summed E-state index contributed by atoms with van der Waals surface area (Å²) >= 11 is 11.5. The first-order valence-electron chi connectivity index (χ1n) is 9.54. The van der Waals surface area contributed by atoms with Crippen molar-refractivity contribution < 1.29 is 4.74 Å². The molecule has 0 radical (unpaired) electrons. The lowest BCUT2D eigenvalue weighted by atomic mass is 10.2. The lowest BCUT2D eigenvalue weighted by molar-refractivity contribution is 0.0856. The minimum Gasteiger partial charge on any atom is -0.361 e. The molecule has 3 heterocycles. The van der Waals surface area contributed by atoms with Gasteiger partial charge in [-0.05, 0) is 41.1 Å². The first kappa shape index (κ1) is 21.6. The van der Waals surface area contributed by atoms with Gasteiger partial charge in [-0.25, -0.2) is 4.98 Å². The molecular formula is C21H21BrClN3O2SSi. The molecule has 3 aromatic heterocycles. The molecule has 0 N–H and O–H groups in total. The zero-order valence-electron chi connectivity index (χ0n) is 16.9. The van der Waals surface area contributed by atoms with Gasteiger partial charge in [0.25, 0.3) is 5.56 Å². The molecule has 0 aliphatic heterocycles. The van der Waals surface area contributed by atoms with Gasteiger partial charge < -0.3 is 4.74 Å². The number of rotatable bonds is 6. The molecule has 0 saturated carbocycles. The van der Waals surface area contributed by atoms with Crippen LogP contribution in [0.4, 0.5) is 0 Å². The van der Waals surface area contributed by atoms with Crippen LogP contribution in [0.25, 0.3) is 32.5 Å². The highest BCUT2D eigenvalue weighted by molar-refractivity contribution is 9.10. The summed E-state index contributed by atoms with van der Waals surface area (Å²) in [6, 6.07) is 8.49. The van der Waals surface area contributed by atoms with Crippen LogP contribution >= 0.6 is 38.9 Å². The van der Waals surface area contributed by atoms with Crippen molar-refractivity contribution in [2.75, 3.05) is 6.61 Å². The third-order valence-electron chi connectivity index (χ3n) is 4.76. The first-order chi connectivity index (χ1) is 14.2. The lowest BCUT2D eigenvalue weighted by Crippen LogP contribution is -2.27. The summed E-state index contributed by atoms with van der Waals surface area (Å²) in [5, 5.41) is 3.95. The molecule has 0 fully saturated rings. The maximum absolute atomic E-state index is 13.4. The van der Waals surface area contributed by atoms with Gasteiger partial charge in [-0.1, -0.05) is 47.2 Å². The van der Waals surface area contributed by atoms with E-state index >= 15 is 0 Å². The van der Waals surface area contributed by atoms with E-state index in [-0.39, 0.29) is 12.3 Å². The summed E-state index contributed by atoms with van der Waals surface area (Å²) in [6.07, 6.45) is 1.81. The number of pyridine rings is 1. The summed E-state index contributed by atoms with van der Waals surface area (Å²) in [5.41, 5.74) is 0.886. The van der Waals surface area contributed by atoms with Crippen LogP contribution in [0, 0.1) is 0 Å². The number of nitrogens with zero attached hydrogens (tertiary/aromatic N) is 3. The van der Waals surface area contributed by atoms with E-state index in [1.807, 2.05) is 23.7 Å². The monoisotopic (exact) mass is 521 g/mol. The van der Waals surface area contributed by atoms with E-state index in [1.165, 1.54) is 0 Å². The Morgan fingerprint density at radius 3 is 2.83 bits per heavy atom. The van der Waals surface area contributed by atoms with Crippen LogP contribution in [0.3, 0.4) is 0 Å². The van der Waals surface area contributed by atoms with Crippen LogP contribution in [0.5, 0.6) is 0 Å². The third-order valence-corrected chi connectivity index (χ3v) is 8.08. The van der Waals surface area contributed by atoms with Gasteiger partial charge in [0.05, 0.1) is 20.6 Å². The lowest BCUT2D eigenvalue weighted by Gasteiger charge is -2.17. The third kappa shape index (κ3) is 4.52. The first-order valence-corrected chi connectivity index (χ1v) is 15.3. The number of hydrogen-bond donors (Lipinski definition) is 0. The van der Waals surface area contributed by atoms with Crippen LogP contribution in [-0.4, -0.2) is 29.2 Å². The van der Waals surface area contributed by atoms with Gasteiger partial charge in [-0.15, -0.1) is 11.3 Å². The summed E-state index contributed by atoms with van der Waals surface area (Å²) in [7, 11) is -1.23. The highest BCUT2D eigenvalue weighted by atomic mass is 79.9. The average Bonchev–Trinajstić information content (AvgIpc) is 3.14. The molecule has 30 heavy (non-hydrogen) atoms. The molecule has 156 valence electrons. The highest BCUT2D eigenvalue weighted by Crippen LogP contribution is 2.29. The smallest absolute Gasteiger partial charge is 0.263 e. The van der Waals surface area contributed by atoms with Crippen LogP contribution in [0.1, 0.15) is 0 Å². The largest absolute Gasteiger partial charge is 0.361 e. The van der Waals surface area contributed by atoms with Gasteiger partial charge in [0.15, 0.2) is 5.82 Å². The number of fused-ring (bicyclic) bond motifs is 2. The fourth-order valence-corrected chi connectivity index (χ4v) is 5.44. The Kier molecular flexibility index (Phi) is 6.14.